The van der Waals surface area contributed by atoms with E-state index < -0.39 is 206 Å². The summed E-state index contributed by atoms with van der Waals surface area (Å²) in [4.78, 5) is 74.0. The number of ether oxygens (including phenoxy) is 6. The quantitative estimate of drug-likeness (QED) is 0.0355. The maximum Gasteiger partial charge on any atom is 0.332 e. The number of aliphatic hydroxyl groups is 13. The van der Waals surface area contributed by atoms with E-state index in [2.05, 4.69) is 200 Å². The summed E-state index contributed by atoms with van der Waals surface area (Å²) >= 11 is 4.99. The molecule has 20 N–H and O–H groups in total. The van der Waals surface area contributed by atoms with Crippen LogP contribution in [0, 0.1) is 11.8 Å². The lowest BCUT2D eigenvalue weighted by atomic mass is 9.99. The third kappa shape index (κ3) is 31.7. The van der Waals surface area contributed by atoms with Gasteiger partial charge in [0.15, 0.2) is 23.8 Å². The largest absolute Gasteiger partial charge is 0.391 e. The Hall–Kier alpha value is -6.55. The second kappa shape index (κ2) is 47.4. The Bertz CT molecular complexity index is 5070. The molecule has 0 bridgehead atoms. The van der Waals surface area contributed by atoms with Gasteiger partial charge in [-0.25, -0.2) is 14.4 Å². The van der Waals surface area contributed by atoms with E-state index in [-0.39, 0.29) is 46.9 Å². The minimum absolute atomic E-state index is 0.135. The first kappa shape index (κ1) is 113. The van der Waals surface area contributed by atoms with E-state index >= 15 is 0 Å². The maximum atomic E-state index is 12.1. The molecule has 0 radical (unpaired) electrons. The monoisotopic (exact) mass is 2000 g/mol. The molecule has 24 atom stereocenters. The minimum Gasteiger partial charge on any atom is -0.391 e. The van der Waals surface area contributed by atoms with Crippen molar-refractivity contribution in [2.24, 2.45) is 7.05 Å². The molecule has 11 aliphatic rings. The predicted molar refractivity (Wildman–Crippen MR) is 541 cm³/mol. The van der Waals surface area contributed by atoms with Crippen LogP contribution in [-0.4, -0.2) is 428 Å². The van der Waals surface area contributed by atoms with Crippen molar-refractivity contribution >= 4 is 120 Å². The minimum atomic E-state index is -1.27. The highest BCUT2D eigenvalue weighted by atomic mass is 32.1. The van der Waals surface area contributed by atoms with Gasteiger partial charge in [0, 0.05) is 91.2 Å². The fraction of sp³-hybridized carbons (Fsp3) is 0.584. The van der Waals surface area contributed by atoms with Gasteiger partial charge in [0.05, 0.1) is 48.8 Å². The van der Waals surface area contributed by atoms with Crippen molar-refractivity contribution in [2.45, 2.75) is 192 Å². The molecule has 1 aromatic rings. The van der Waals surface area contributed by atoms with Gasteiger partial charge in [-0.1, -0.05) is 38.8 Å². The Balaban J connectivity index is 0.000000218. The molecule has 12 heterocycles. The van der Waals surface area contributed by atoms with E-state index in [9.17, 15) is 95.2 Å². The van der Waals surface area contributed by atoms with Crippen LogP contribution < -0.4 is 48.5 Å². The van der Waals surface area contributed by atoms with Crippen molar-refractivity contribution in [2.75, 3.05) is 131 Å². The molecule has 0 aliphatic carbocycles. The first-order chi connectivity index (χ1) is 61.4. The average molecular weight is 2000 g/mol. The van der Waals surface area contributed by atoms with Crippen LogP contribution in [0.5, 0.6) is 0 Å². The van der Waals surface area contributed by atoms with Gasteiger partial charge < -0.3 is 147 Å². The molecule has 0 aromatic carbocycles. The summed E-state index contributed by atoms with van der Waals surface area (Å²) in [5.41, 5.74) is 2.53. The van der Waals surface area contributed by atoms with Crippen LogP contribution in [-0.2, 0) is 45.1 Å². The van der Waals surface area contributed by atoms with Crippen LogP contribution in [0.15, 0.2) is 142 Å². The fourth-order valence-electron chi connectivity index (χ4n) is 15.2. The number of carbonyl (C=O) groups is 4. The van der Waals surface area contributed by atoms with Gasteiger partial charge in [-0.15, -0.1) is 85.0 Å². The van der Waals surface area contributed by atoms with Crippen LogP contribution in [0.4, 0.5) is 9.59 Å². The number of amides is 6. The Labute approximate surface area is 786 Å². The van der Waals surface area contributed by atoms with E-state index in [1.165, 1.54) is 52.6 Å². The second-order valence-electron chi connectivity index (χ2n) is 38.8. The van der Waals surface area contributed by atoms with E-state index in [1.807, 2.05) is 0 Å². The molecule has 37 nitrogen and oxygen atoms in total. The zero-order valence-electron chi connectivity index (χ0n) is 78.9. The van der Waals surface area contributed by atoms with E-state index in [0.717, 1.165) is 46.1 Å². The van der Waals surface area contributed by atoms with E-state index in [0.29, 0.717) is 77.4 Å². The van der Waals surface area contributed by atoms with Gasteiger partial charge in [-0.05, 0) is 175 Å². The zero-order valence-corrected chi connectivity index (χ0v) is 85.1. The SMILES string of the molecule is C=C1NC(=O)C(C#CC)=CN1C1OC(CCP(=C)(C)C)[C@@H](O)[C@H]1O.C=C1NC(=O)C(CO)=CN1C1OC(CCP(=C)(C)C)[C@@H](O)[C@H]1O.C=C1NC(=O)N(C)C=C1C1OC(CCP(=C)(C)C)[C@@H](O)[C@H]1O.C=C1NC(=O)NC=C1C1OC(CCP(=C)(C)C)[C@@H](O)[C@H]1O.C=C1NC(=S)NC=C1C1OC(CCP(=C)(C)C)[C@@H](O)[C@H]1O.C=P(C)(C)CCC1OC(n2ccc(=O)n(C)c2=O)[C@H](O)[C@@H]1O. The number of aromatic nitrogens is 2. The molecule has 1 aromatic heterocycles. The first-order valence-electron chi connectivity index (χ1n) is 43.2. The highest BCUT2D eigenvalue weighted by Gasteiger charge is 2.52. The highest BCUT2D eigenvalue weighted by molar-refractivity contribution is 7.80. The van der Waals surface area contributed by atoms with Gasteiger partial charge in [-0.3, -0.25) is 23.5 Å². The Morgan fingerprint density at radius 2 is 0.744 bits per heavy atom. The summed E-state index contributed by atoms with van der Waals surface area (Å²) < 4.78 is 36.9. The Kier molecular flexibility index (Phi) is 40.4. The van der Waals surface area contributed by atoms with E-state index in [1.54, 1.807) is 26.4 Å². The summed E-state index contributed by atoms with van der Waals surface area (Å²) in [6, 6.07) is 0.556. The van der Waals surface area contributed by atoms with Gasteiger partial charge in [0.25, 0.3) is 17.4 Å². The normalized spacial score (nSPS) is 31.8. The standard InChI is InChI=1S/C17H25N2O4P.C15H25N2O5P.C15H25N2O4P.C14H23N2O5P.C14H23N2O4P.C14H23N2O3PS/c1-6-7-12-10-19(11(2)18-16(12)22)17-15(21)14(20)13(23-17)8-9-24(3,4)5;1-9-16-14(21)10(8-18)7-17(9)15-13(20)12(19)11(22-15)5-6-23(2,3)4;1-9-10(8-17(2)15(20)16-9)14-13(19)12(18)11(21-14)6-7-22(3,4)5;1-15-10(17)5-7-16(14(15)20)13-12(19)11(18)9(21-13)6-8-22(2,3)4;1-8-9(7-15-14(19)16-8)13-12(18)11(17)10(20-13)5-6-21(2,3)4;1-8-9(7-15-14(21)16-8)13-12(18)11(17)10(19-13)5-6-20(2,3)4/h10,13-15,17,20-21H,2-3,8-9H2,1,4-5H3,(H,18,22);7,11-13,15,18-20H,1-2,5-6,8H2,3-4H3,(H,16,21);8,11-14,18-19H,1,3,6-7H2,2,4-5H3,(H,16,20);5,7,9,11-13,18-19H,2,6,8H2,1,3-4H3;7,10-13,17-18H,1-2,5-6H2,3-4H3,(H2,15,16,19);7,10-13,17-18H,1-2,5-6H2,3-4H3,(H2,15,16,21)/t13?,14-,15-,17?;11?,12-,13-,15?;11?,12-,13-,14?;9?,11-,12-,13?;2*10?,11-,12-,13?/m111111/s1. The number of nitrogens with one attached hydrogen (secondary N) is 7. The number of aliphatic hydroxyl groups excluding tert-OH is 13. The Morgan fingerprint density at radius 3 is 1.11 bits per heavy atom. The van der Waals surface area contributed by atoms with Crippen LogP contribution in [0.1, 0.15) is 51.7 Å². The van der Waals surface area contributed by atoms with Crippen molar-refractivity contribution in [1.82, 2.24) is 61.1 Å². The third-order valence-corrected chi connectivity index (χ3v) is 32.1. The molecule has 12 rings (SSSR count). The number of urea groups is 2. The molecule has 44 heteroatoms. The molecule has 133 heavy (non-hydrogen) atoms. The number of hydrogen-bond donors (Lipinski definition) is 20. The topological polar surface area (TPSA) is 525 Å². The molecule has 11 aliphatic heterocycles. The molecule has 6 saturated heterocycles. The van der Waals surface area contributed by atoms with Crippen molar-refractivity contribution in [3.63, 3.8) is 0 Å². The maximum absolute atomic E-state index is 12.1. The summed E-state index contributed by atoms with van der Waals surface area (Å²) in [6.45, 7) is 38.1. The van der Waals surface area contributed by atoms with Crippen molar-refractivity contribution < 1.29 is 114 Å². The van der Waals surface area contributed by atoms with Gasteiger partial charge in [0.1, 0.15) is 109 Å². The lowest BCUT2D eigenvalue weighted by molar-refractivity contribution is -0.120. The molecule has 6 amide bonds. The number of thiocarbonyl (C=S) groups is 1. The van der Waals surface area contributed by atoms with Gasteiger partial charge >= 0.3 is 17.8 Å². The van der Waals surface area contributed by atoms with Crippen LogP contribution >= 0.6 is 53.5 Å². The first-order valence-corrected chi connectivity index (χ1v) is 61.9. The second-order valence-corrected chi connectivity index (χ2v) is 65.1. The smallest absolute Gasteiger partial charge is 0.332 e. The summed E-state index contributed by atoms with van der Waals surface area (Å²) in [5.74, 6) is 5.09. The number of nitrogens with zero attached hydrogens (tertiary/aromatic N) is 5. The Morgan fingerprint density at radius 1 is 0.414 bits per heavy atom. The third-order valence-electron chi connectivity index (χ3n) is 23.0. The lowest BCUT2D eigenvalue weighted by Crippen LogP contribution is -2.48. The predicted octanol–water partition coefficient (Wildman–Crippen LogP) is 0.283. The molecule has 0 saturated carbocycles. The van der Waals surface area contributed by atoms with Crippen molar-refractivity contribution in [3.05, 3.63) is 154 Å². The van der Waals surface area contributed by atoms with Crippen molar-refractivity contribution in [1.29, 1.82) is 0 Å². The average Bonchev–Trinajstić information content (AvgIpc) is 1.66. The molecular formula is C89H144N12O25P6S. The van der Waals surface area contributed by atoms with Crippen LogP contribution in [0.2, 0.25) is 0 Å². The lowest BCUT2D eigenvalue weighted by Gasteiger charge is -2.34. The van der Waals surface area contributed by atoms with Crippen molar-refractivity contribution in [3.8, 4) is 11.8 Å². The van der Waals surface area contributed by atoms with Gasteiger partial charge in [0.2, 0.25) is 0 Å². The molecule has 12 unspecified atom stereocenters. The summed E-state index contributed by atoms with van der Waals surface area (Å²) in [7, 11) is 2.96. The van der Waals surface area contributed by atoms with E-state index in [4.69, 9.17) is 40.6 Å². The number of carbonyl (C=O) groups excluding carboxylic acids is 4. The number of hydrogen-bond acceptors (Lipinski definition) is 28. The molecule has 6 fully saturated rings. The fourth-order valence-corrected chi connectivity index (χ4v) is 21.1. The molecular weight excluding hydrogens is 1850 g/mol. The summed E-state index contributed by atoms with van der Waals surface area (Å²) in [6.07, 6.45) is 22.8. The highest BCUT2D eigenvalue weighted by Crippen LogP contribution is 2.46. The number of rotatable bonds is 25. The van der Waals surface area contributed by atoms with Crippen LogP contribution in [0.3, 0.4) is 0 Å². The molecule has 746 valence electrons. The van der Waals surface area contributed by atoms with Gasteiger partial charge in [-0.2, -0.15) is 0 Å². The van der Waals surface area contributed by atoms with Crippen LogP contribution in [0.25, 0.3) is 0 Å². The zero-order chi connectivity index (χ0) is 100. The molecule has 0 spiro atoms. The summed E-state index contributed by atoms with van der Waals surface area (Å²) in [5, 5.41) is 151.